The van der Waals surface area contributed by atoms with Crippen LogP contribution in [-0.2, 0) is 9.31 Å². The van der Waals surface area contributed by atoms with E-state index in [0.717, 1.165) is 11.1 Å². The number of hydrogen-bond donors (Lipinski definition) is 0. The third kappa shape index (κ3) is 2.86. The Kier molecular flexibility index (Phi) is 3.78. The fourth-order valence-corrected chi connectivity index (χ4v) is 2.15. The van der Waals surface area contributed by atoms with Gasteiger partial charge in [0.2, 0.25) is 0 Å². The van der Waals surface area contributed by atoms with E-state index in [-0.39, 0.29) is 18.3 Å². The normalized spacial score (nSPS) is 21.3. The molecular weight excluding hydrogens is 260 g/mol. The molecular formula is C14H19BClNO2. The van der Waals surface area contributed by atoms with E-state index in [1.165, 1.54) is 0 Å². The highest BCUT2D eigenvalue weighted by Gasteiger charge is 2.50. The zero-order valence-electron chi connectivity index (χ0n) is 12.0. The minimum atomic E-state index is -0.360. The zero-order valence-corrected chi connectivity index (χ0v) is 12.8. The average molecular weight is 280 g/mol. The summed E-state index contributed by atoms with van der Waals surface area (Å²) in [6.45, 7) is 10.1. The van der Waals surface area contributed by atoms with Crippen LogP contribution in [0, 0.1) is 6.92 Å². The van der Waals surface area contributed by atoms with Gasteiger partial charge in [0.05, 0.1) is 11.2 Å². The van der Waals surface area contributed by atoms with Gasteiger partial charge in [0.1, 0.15) is 5.15 Å². The number of aromatic nitrogens is 1. The number of nitrogens with zero attached hydrogens (tertiary/aromatic N) is 1. The number of rotatable bonds is 2. The maximum absolute atomic E-state index is 6.08. The molecule has 102 valence electrons. The van der Waals surface area contributed by atoms with E-state index in [0.29, 0.717) is 5.15 Å². The maximum atomic E-state index is 6.08. The highest BCUT2D eigenvalue weighted by molar-refractivity contribution is 6.52. The van der Waals surface area contributed by atoms with Crippen LogP contribution < -0.4 is 0 Å². The summed E-state index contributed by atoms with van der Waals surface area (Å²) in [4.78, 5) is 4.07. The van der Waals surface area contributed by atoms with Gasteiger partial charge in [-0.1, -0.05) is 23.7 Å². The third-order valence-electron chi connectivity index (χ3n) is 3.85. The van der Waals surface area contributed by atoms with Crippen LogP contribution in [0.25, 0.3) is 6.08 Å². The molecule has 0 amide bonds. The Hall–Kier alpha value is -0.835. The molecule has 0 unspecified atom stereocenters. The smallest absolute Gasteiger partial charge is 0.400 e. The van der Waals surface area contributed by atoms with Crippen molar-refractivity contribution in [2.45, 2.75) is 45.8 Å². The lowest BCUT2D eigenvalue weighted by atomic mass is 9.89. The Morgan fingerprint density at radius 1 is 1.21 bits per heavy atom. The van der Waals surface area contributed by atoms with Crippen molar-refractivity contribution in [3.05, 3.63) is 34.5 Å². The topological polar surface area (TPSA) is 31.4 Å². The molecule has 0 bridgehead atoms. The Morgan fingerprint density at radius 2 is 1.79 bits per heavy atom. The van der Waals surface area contributed by atoms with Crippen LogP contribution in [0.4, 0.5) is 0 Å². The largest absolute Gasteiger partial charge is 0.487 e. The molecule has 0 spiro atoms. The lowest BCUT2D eigenvalue weighted by Crippen LogP contribution is -2.41. The van der Waals surface area contributed by atoms with Crippen molar-refractivity contribution in [2.24, 2.45) is 0 Å². The van der Waals surface area contributed by atoms with Crippen molar-refractivity contribution < 1.29 is 9.31 Å². The van der Waals surface area contributed by atoms with Crippen molar-refractivity contribution in [3.8, 4) is 0 Å². The van der Waals surface area contributed by atoms with Crippen molar-refractivity contribution in [1.82, 2.24) is 4.98 Å². The fraction of sp³-hybridized carbons (Fsp3) is 0.500. The Balaban J connectivity index is 2.18. The Labute approximate surface area is 120 Å². The molecule has 0 saturated carbocycles. The molecule has 2 heterocycles. The van der Waals surface area contributed by atoms with E-state index in [4.69, 9.17) is 20.9 Å². The molecule has 0 N–H and O–H groups in total. The zero-order chi connectivity index (χ0) is 14.3. The van der Waals surface area contributed by atoms with Crippen LogP contribution in [0.1, 0.15) is 38.8 Å². The summed E-state index contributed by atoms with van der Waals surface area (Å²) >= 11 is 6.08. The maximum Gasteiger partial charge on any atom is 0.487 e. The van der Waals surface area contributed by atoms with Gasteiger partial charge in [-0.15, -0.1) is 0 Å². The molecule has 1 aromatic heterocycles. The number of aryl methyl sites for hydroxylation is 1. The second-order valence-corrected chi connectivity index (χ2v) is 6.17. The highest BCUT2D eigenvalue weighted by atomic mass is 35.5. The molecule has 19 heavy (non-hydrogen) atoms. The van der Waals surface area contributed by atoms with E-state index in [1.54, 1.807) is 6.20 Å². The number of hydrogen-bond acceptors (Lipinski definition) is 3. The number of halogens is 1. The summed E-state index contributed by atoms with van der Waals surface area (Å²) in [5, 5.41) is 0.493. The van der Waals surface area contributed by atoms with Gasteiger partial charge < -0.3 is 9.31 Å². The fourth-order valence-electron chi connectivity index (χ4n) is 1.88. The molecule has 0 atom stereocenters. The molecule has 1 saturated heterocycles. The van der Waals surface area contributed by atoms with E-state index >= 15 is 0 Å². The molecule has 1 aromatic rings. The van der Waals surface area contributed by atoms with Gasteiger partial charge >= 0.3 is 7.12 Å². The van der Waals surface area contributed by atoms with Crippen molar-refractivity contribution in [1.29, 1.82) is 0 Å². The van der Waals surface area contributed by atoms with Crippen LogP contribution >= 0.6 is 11.6 Å². The minimum absolute atomic E-state index is 0.324. The summed E-state index contributed by atoms with van der Waals surface area (Å²) < 4.78 is 11.8. The first-order valence-corrected chi connectivity index (χ1v) is 6.76. The summed E-state index contributed by atoms with van der Waals surface area (Å²) in [5.41, 5.74) is 1.33. The molecule has 0 radical (unpaired) electrons. The monoisotopic (exact) mass is 279 g/mol. The van der Waals surface area contributed by atoms with E-state index in [1.807, 2.05) is 52.7 Å². The van der Waals surface area contributed by atoms with Gasteiger partial charge in [-0.05, 0) is 46.2 Å². The van der Waals surface area contributed by atoms with Crippen molar-refractivity contribution in [3.63, 3.8) is 0 Å². The van der Waals surface area contributed by atoms with E-state index in [2.05, 4.69) is 4.98 Å². The lowest BCUT2D eigenvalue weighted by molar-refractivity contribution is 0.00578. The molecule has 0 aliphatic carbocycles. The van der Waals surface area contributed by atoms with Crippen LogP contribution in [0.2, 0.25) is 5.15 Å². The van der Waals surface area contributed by atoms with E-state index in [9.17, 15) is 0 Å². The van der Waals surface area contributed by atoms with Gasteiger partial charge in [-0.25, -0.2) is 4.98 Å². The van der Waals surface area contributed by atoms with Crippen LogP contribution in [0.3, 0.4) is 0 Å². The molecule has 3 nitrogen and oxygen atoms in total. The van der Waals surface area contributed by atoms with Crippen LogP contribution in [0.15, 0.2) is 18.2 Å². The van der Waals surface area contributed by atoms with Gasteiger partial charge in [0, 0.05) is 11.8 Å². The summed E-state index contributed by atoms with van der Waals surface area (Å²) in [6, 6.07) is 1.93. The minimum Gasteiger partial charge on any atom is -0.400 e. The molecule has 1 aliphatic heterocycles. The second-order valence-electron chi connectivity index (χ2n) is 5.82. The standard InChI is InChI=1S/C14H19BClNO2/c1-10-7-9-17-12(16)11(10)6-8-15-18-13(2,3)14(4,5)19-15/h6-9H,1-5H3/b8-6+. The first-order valence-electron chi connectivity index (χ1n) is 6.38. The lowest BCUT2D eigenvalue weighted by Gasteiger charge is -2.32. The number of pyridine rings is 1. The first-order chi connectivity index (χ1) is 8.73. The van der Waals surface area contributed by atoms with Gasteiger partial charge in [0.15, 0.2) is 0 Å². The molecule has 2 rings (SSSR count). The quantitative estimate of drug-likeness (QED) is 0.611. The predicted octanol–water partition coefficient (Wildman–Crippen LogP) is 3.69. The molecule has 1 aliphatic rings. The Bertz CT molecular complexity index is 478. The third-order valence-corrected chi connectivity index (χ3v) is 4.15. The Morgan fingerprint density at radius 3 is 2.32 bits per heavy atom. The highest BCUT2D eigenvalue weighted by Crippen LogP contribution is 2.37. The molecule has 0 aromatic carbocycles. The van der Waals surface area contributed by atoms with Crippen molar-refractivity contribution >= 4 is 24.8 Å². The predicted molar refractivity (Wildman–Crippen MR) is 79.1 cm³/mol. The van der Waals surface area contributed by atoms with Crippen molar-refractivity contribution in [2.75, 3.05) is 0 Å². The van der Waals surface area contributed by atoms with Crippen LogP contribution in [-0.4, -0.2) is 23.3 Å². The summed E-state index contributed by atoms with van der Waals surface area (Å²) in [7, 11) is -0.360. The van der Waals surface area contributed by atoms with Crippen LogP contribution in [0.5, 0.6) is 0 Å². The van der Waals surface area contributed by atoms with E-state index < -0.39 is 0 Å². The summed E-state index contributed by atoms with van der Waals surface area (Å²) in [5.74, 6) is 1.88. The second kappa shape index (κ2) is 4.93. The summed E-state index contributed by atoms with van der Waals surface area (Å²) in [6.07, 6.45) is 3.61. The SMILES string of the molecule is Cc1ccnc(Cl)c1/C=C/B1OC(C)(C)C(C)(C)O1. The molecule has 5 heteroatoms. The van der Waals surface area contributed by atoms with Gasteiger partial charge in [-0.3, -0.25) is 0 Å². The average Bonchev–Trinajstić information content (AvgIpc) is 2.46. The van der Waals surface area contributed by atoms with Gasteiger partial charge in [-0.2, -0.15) is 0 Å². The van der Waals surface area contributed by atoms with Gasteiger partial charge in [0.25, 0.3) is 0 Å². The molecule has 1 fully saturated rings. The first kappa shape index (κ1) is 14.6.